The molecule has 140 valence electrons. The Morgan fingerprint density at radius 2 is 1.78 bits per heavy atom. The van der Waals surface area contributed by atoms with Gasteiger partial charge in [-0.15, -0.1) is 0 Å². The Hall–Kier alpha value is -2.96. The van der Waals surface area contributed by atoms with Crippen LogP contribution in [0.5, 0.6) is 5.75 Å². The van der Waals surface area contributed by atoms with E-state index in [1.807, 2.05) is 0 Å². The number of hydrazone groups is 1. The second-order valence-electron chi connectivity index (χ2n) is 6.90. The average molecular weight is 368 g/mol. The van der Waals surface area contributed by atoms with E-state index in [9.17, 15) is 14.4 Å². The van der Waals surface area contributed by atoms with Gasteiger partial charge < -0.3 is 9.47 Å². The molecule has 1 aromatic rings. The summed E-state index contributed by atoms with van der Waals surface area (Å²) in [4.78, 5) is 36.4. The Bertz CT molecular complexity index is 799. The zero-order valence-corrected chi connectivity index (χ0v) is 14.9. The fourth-order valence-corrected chi connectivity index (χ4v) is 4.12. The van der Waals surface area contributed by atoms with Gasteiger partial charge in [-0.05, 0) is 55.0 Å². The maximum absolute atomic E-state index is 12.6. The van der Waals surface area contributed by atoms with Crippen LogP contribution in [0.1, 0.15) is 18.9 Å². The number of allylic oxidation sites excluding steroid dienone is 2. The van der Waals surface area contributed by atoms with Crippen molar-refractivity contribution >= 4 is 24.0 Å². The molecule has 0 aromatic heterocycles. The van der Waals surface area contributed by atoms with Crippen molar-refractivity contribution in [3.8, 4) is 5.75 Å². The number of nitrogens with zero attached hydrogens (tertiary/aromatic N) is 2. The summed E-state index contributed by atoms with van der Waals surface area (Å²) >= 11 is 0. The van der Waals surface area contributed by atoms with Crippen LogP contribution in [0.25, 0.3) is 0 Å². The van der Waals surface area contributed by atoms with Gasteiger partial charge in [-0.2, -0.15) is 10.1 Å². The molecule has 1 heterocycles. The molecule has 2 bridgehead atoms. The molecule has 2 amide bonds. The first-order valence-electron chi connectivity index (χ1n) is 9.07. The SMILES string of the molecule is CCOC(=O)COc1ccc(/C=N\N2C(=O)[C@@H]3[C@H](C2=O)[C@@H]2C=C[C@H]3C2)cc1. The minimum atomic E-state index is -0.428. The molecule has 2 fully saturated rings. The van der Waals surface area contributed by atoms with Crippen molar-refractivity contribution in [2.45, 2.75) is 13.3 Å². The molecule has 7 heteroatoms. The molecule has 0 unspecified atom stereocenters. The molecule has 0 spiro atoms. The van der Waals surface area contributed by atoms with Gasteiger partial charge in [0.1, 0.15) is 5.75 Å². The number of benzene rings is 1. The Morgan fingerprint density at radius 3 is 2.37 bits per heavy atom. The van der Waals surface area contributed by atoms with E-state index in [0.29, 0.717) is 12.4 Å². The number of fused-ring (bicyclic) bond motifs is 5. The molecule has 2 aliphatic carbocycles. The quantitative estimate of drug-likeness (QED) is 0.331. The lowest BCUT2D eigenvalue weighted by molar-refractivity contribution is -0.145. The van der Waals surface area contributed by atoms with Gasteiger partial charge in [0, 0.05) is 0 Å². The molecule has 1 aliphatic heterocycles. The maximum atomic E-state index is 12.6. The van der Waals surface area contributed by atoms with E-state index in [0.717, 1.165) is 17.0 Å². The van der Waals surface area contributed by atoms with Crippen LogP contribution in [-0.4, -0.2) is 42.2 Å². The zero-order chi connectivity index (χ0) is 19.0. The van der Waals surface area contributed by atoms with Crippen molar-refractivity contribution in [3.63, 3.8) is 0 Å². The van der Waals surface area contributed by atoms with Gasteiger partial charge in [-0.3, -0.25) is 9.59 Å². The number of carbonyl (C=O) groups is 3. The Kier molecular flexibility index (Phi) is 4.51. The van der Waals surface area contributed by atoms with Crippen molar-refractivity contribution in [2.75, 3.05) is 13.2 Å². The molecular weight excluding hydrogens is 348 g/mol. The van der Waals surface area contributed by atoms with E-state index in [4.69, 9.17) is 9.47 Å². The molecular formula is C20H20N2O5. The number of rotatable bonds is 6. The second-order valence-corrected chi connectivity index (χ2v) is 6.90. The van der Waals surface area contributed by atoms with Crippen molar-refractivity contribution in [1.29, 1.82) is 0 Å². The van der Waals surface area contributed by atoms with E-state index in [2.05, 4.69) is 17.3 Å². The third-order valence-corrected chi connectivity index (χ3v) is 5.31. The Balaban J connectivity index is 1.38. The lowest BCUT2D eigenvalue weighted by atomic mass is 9.85. The standard InChI is InChI=1S/C20H20N2O5/c1-2-26-16(23)11-27-15-7-3-12(4-8-15)10-21-22-19(24)17-13-5-6-14(9-13)18(17)20(22)25/h3-8,10,13-14,17-18H,2,9,11H2,1H3/b21-10-/t13-,14+,17-,18+. The van der Waals surface area contributed by atoms with E-state index in [-0.39, 0.29) is 42.1 Å². The topological polar surface area (TPSA) is 85.3 Å². The van der Waals surface area contributed by atoms with Gasteiger partial charge in [-0.25, -0.2) is 4.79 Å². The van der Waals surface area contributed by atoms with E-state index in [1.165, 1.54) is 6.21 Å². The molecule has 4 rings (SSSR count). The van der Waals surface area contributed by atoms with Crippen molar-refractivity contribution < 1.29 is 23.9 Å². The minimum absolute atomic E-state index is 0.156. The largest absolute Gasteiger partial charge is 0.482 e. The highest BCUT2D eigenvalue weighted by molar-refractivity contribution is 6.06. The fourth-order valence-electron chi connectivity index (χ4n) is 4.12. The van der Waals surface area contributed by atoms with Gasteiger partial charge in [0.25, 0.3) is 11.8 Å². The van der Waals surface area contributed by atoms with E-state index in [1.54, 1.807) is 31.2 Å². The first kappa shape index (κ1) is 17.5. The normalized spacial score (nSPS) is 28.3. The summed E-state index contributed by atoms with van der Waals surface area (Å²) in [6.07, 6.45) is 6.50. The minimum Gasteiger partial charge on any atom is -0.482 e. The molecule has 1 aromatic carbocycles. The summed E-state index contributed by atoms with van der Waals surface area (Å²) in [6.45, 7) is 1.89. The zero-order valence-electron chi connectivity index (χ0n) is 14.9. The number of hydrogen-bond acceptors (Lipinski definition) is 6. The molecule has 7 nitrogen and oxygen atoms in total. The third kappa shape index (κ3) is 3.13. The van der Waals surface area contributed by atoms with Crippen LogP contribution >= 0.6 is 0 Å². The van der Waals surface area contributed by atoms with Crippen LogP contribution in [0.2, 0.25) is 0 Å². The highest BCUT2D eigenvalue weighted by Gasteiger charge is 2.59. The van der Waals surface area contributed by atoms with E-state index >= 15 is 0 Å². The van der Waals surface area contributed by atoms with Crippen LogP contribution in [0, 0.1) is 23.7 Å². The number of esters is 1. The summed E-state index contributed by atoms with van der Waals surface area (Å²) in [7, 11) is 0. The van der Waals surface area contributed by atoms with Gasteiger partial charge in [-0.1, -0.05) is 12.2 Å². The van der Waals surface area contributed by atoms with Crippen LogP contribution in [0.15, 0.2) is 41.5 Å². The molecule has 1 saturated heterocycles. The second kappa shape index (κ2) is 6.98. The molecule has 1 saturated carbocycles. The first-order valence-corrected chi connectivity index (χ1v) is 9.07. The Morgan fingerprint density at radius 1 is 1.15 bits per heavy atom. The van der Waals surface area contributed by atoms with Crippen molar-refractivity contribution in [2.24, 2.45) is 28.8 Å². The van der Waals surface area contributed by atoms with Crippen LogP contribution in [0.3, 0.4) is 0 Å². The first-order chi connectivity index (χ1) is 13.1. The van der Waals surface area contributed by atoms with Gasteiger partial charge in [0.15, 0.2) is 6.61 Å². The number of imide groups is 1. The summed E-state index contributed by atoms with van der Waals surface area (Å²) in [5.41, 5.74) is 0.720. The van der Waals surface area contributed by atoms with E-state index < -0.39 is 5.97 Å². The molecule has 0 radical (unpaired) electrons. The predicted molar refractivity (Wildman–Crippen MR) is 95.7 cm³/mol. The van der Waals surface area contributed by atoms with Crippen molar-refractivity contribution in [3.05, 3.63) is 42.0 Å². The molecule has 0 N–H and O–H groups in total. The number of carbonyl (C=O) groups excluding carboxylic acids is 3. The predicted octanol–water partition coefficient (Wildman–Crippen LogP) is 1.77. The maximum Gasteiger partial charge on any atom is 0.344 e. The highest BCUT2D eigenvalue weighted by atomic mass is 16.6. The number of ether oxygens (including phenoxy) is 2. The highest BCUT2D eigenvalue weighted by Crippen LogP contribution is 2.52. The fraction of sp³-hybridized carbons (Fsp3) is 0.400. The van der Waals surface area contributed by atoms with Crippen LogP contribution in [0.4, 0.5) is 0 Å². The number of amides is 2. The lowest BCUT2D eigenvalue weighted by Crippen LogP contribution is -2.28. The Labute approximate surface area is 156 Å². The number of hydrogen-bond donors (Lipinski definition) is 0. The van der Waals surface area contributed by atoms with Gasteiger partial charge in [0.05, 0.1) is 24.7 Å². The van der Waals surface area contributed by atoms with Crippen LogP contribution in [-0.2, 0) is 19.1 Å². The van der Waals surface area contributed by atoms with Gasteiger partial charge >= 0.3 is 5.97 Å². The third-order valence-electron chi connectivity index (χ3n) is 5.31. The lowest BCUT2D eigenvalue weighted by Gasteiger charge is -2.13. The van der Waals surface area contributed by atoms with Crippen LogP contribution < -0.4 is 4.74 Å². The monoisotopic (exact) mass is 368 g/mol. The average Bonchev–Trinajstić information content (AvgIpc) is 3.34. The summed E-state index contributed by atoms with van der Waals surface area (Å²) in [6, 6.07) is 6.85. The summed E-state index contributed by atoms with van der Waals surface area (Å²) in [5, 5.41) is 5.15. The molecule has 4 atom stereocenters. The smallest absolute Gasteiger partial charge is 0.344 e. The summed E-state index contributed by atoms with van der Waals surface area (Å²) in [5.74, 6) is -0.458. The molecule has 3 aliphatic rings. The molecule has 27 heavy (non-hydrogen) atoms. The summed E-state index contributed by atoms with van der Waals surface area (Å²) < 4.78 is 10.1. The van der Waals surface area contributed by atoms with Gasteiger partial charge in [0.2, 0.25) is 0 Å². The van der Waals surface area contributed by atoms with Crippen molar-refractivity contribution in [1.82, 2.24) is 5.01 Å².